The molecule has 0 saturated heterocycles. The van der Waals surface area contributed by atoms with Gasteiger partial charge in [-0.05, 0) is 12.8 Å². The molecule has 0 heterocycles. The fourth-order valence-electron chi connectivity index (χ4n) is 1.01. The maximum Gasteiger partial charge on any atom is 0.222 e. The van der Waals surface area contributed by atoms with E-state index >= 15 is 0 Å². The highest BCUT2D eigenvalue weighted by atomic mass is 79.9. The summed E-state index contributed by atoms with van der Waals surface area (Å²) < 4.78 is 0. The van der Waals surface area contributed by atoms with Crippen molar-refractivity contribution >= 4 is 21.8 Å². The van der Waals surface area contributed by atoms with Crippen molar-refractivity contribution in [2.75, 3.05) is 18.9 Å². The molecule has 0 fully saturated rings. The van der Waals surface area contributed by atoms with Crippen molar-refractivity contribution in [3.8, 4) is 0 Å². The van der Waals surface area contributed by atoms with Crippen LogP contribution in [0, 0.1) is 0 Å². The van der Waals surface area contributed by atoms with Gasteiger partial charge in [-0.2, -0.15) is 0 Å². The first kappa shape index (κ1) is 11.9. The normalized spacial score (nSPS) is 9.92. The van der Waals surface area contributed by atoms with Crippen LogP contribution in [0.4, 0.5) is 0 Å². The van der Waals surface area contributed by atoms with Crippen LogP contribution in [-0.2, 0) is 4.79 Å². The number of alkyl halides is 1. The van der Waals surface area contributed by atoms with Crippen molar-refractivity contribution in [3.05, 3.63) is 0 Å². The molecule has 72 valence electrons. The Labute approximate surface area is 83.4 Å². The minimum absolute atomic E-state index is 0.244. The minimum atomic E-state index is 0.244. The topological polar surface area (TPSA) is 20.3 Å². The van der Waals surface area contributed by atoms with E-state index < -0.39 is 0 Å². The van der Waals surface area contributed by atoms with Gasteiger partial charge >= 0.3 is 0 Å². The molecule has 0 aromatic carbocycles. The van der Waals surface area contributed by atoms with Crippen LogP contribution in [0.3, 0.4) is 0 Å². The summed E-state index contributed by atoms with van der Waals surface area (Å²) in [7, 11) is 1.87. The van der Waals surface area contributed by atoms with Crippen molar-refractivity contribution in [1.82, 2.24) is 4.90 Å². The lowest BCUT2D eigenvalue weighted by molar-refractivity contribution is -0.129. The Bertz CT molecular complexity index is 128. The summed E-state index contributed by atoms with van der Waals surface area (Å²) in [5.41, 5.74) is 0. The standard InChI is InChI=1S/C9H18BrNO/c1-3-9(12)11(2)8-6-4-5-7-10/h3-8H2,1-2H3. The first-order valence-corrected chi connectivity index (χ1v) is 5.64. The van der Waals surface area contributed by atoms with Crippen LogP contribution in [0.2, 0.25) is 0 Å². The van der Waals surface area contributed by atoms with E-state index in [1.54, 1.807) is 0 Å². The second-order valence-corrected chi connectivity index (χ2v) is 3.71. The van der Waals surface area contributed by atoms with E-state index in [0.717, 1.165) is 18.3 Å². The van der Waals surface area contributed by atoms with E-state index in [-0.39, 0.29) is 5.91 Å². The molecular formula is C9H18BrNO. The van der Waals surface area contributed by atoms with Gasteiger partial charge in [-0.15, -0.1) is 0 Å². The van der Waals surface area contributed by atoms with Crippen LogP contribution in [-0.4, -0.2) is 29.7 Å². The zero-order valence-corrected chi connectivity index (χ0v) is 9.56. The zero-order valence-electron chi connectivity index (χ0n) is 7.98. The lowest BCUT2D eigenvalue weighted by Crippen LogP contribution is -2.26. The Kier molecular flexibility index (Phi) is 7.56. The van der Waals surface area contributed by atoms with E-state index in [1.807, 2.05) is 18.9 Å². The van der Waals surface area contributed by atoms with Crippen LogP contribution >= 0.6 is 15.9 Å². The van der Waals surface area contributed by atoms with Gasteiger partial charge < -0.3 is 4.90 Å². The molecule has 2 nitrogen and oxygen atoms in total. The third kappa shape index (κ3) is 5.58. The predicted octanol–water partition coefficient (Wildman–Crippen LogP) is 2.42. The average Bonchev–Trinajstić information content (AvgIpc) is 2.10. The number of carbonyl (C=O) groups is 1. The highest BCUT2D eigenvalue weighted by Gasteiger charge is 2.03. The number of amides is 1. The number of unbranched alkanes of at least 4 members (excludes halogenated alkanes) is 2. The molecule has 0 aliphatic rings. The third-order valence-electron chi connectivity index (χ3n) is 1.86. The van der Waals surface area contributed by atoms with Crippen molar-refractivity contribution in [3.63, 3.8) is 0 Å². The summed E-state index contributed by atoms with van der Waals surface area (Å²) in [6.07, 6.45) is 4.14. The number of halogens is 1. The van der Waals surface area contributed by atoms with Gasteiger partial charge in [0.1, 0.15) is 0 Å². The van der Waals surface area contributed by atoms with Gasteiger partial charge in [-0.25, -0.2) is 0 Å². The number of hydrogen-bond donors (Lipinski definition) is 0. The zero-order chi connectivity index (χ0) is 9.40. The van der Waals surface area contributed by atoms with Gasteiger partial charge in [0.05, 0.1) is 0 Å². The summed E-state index contributed by atoms with van der Waals surface area (Å²) in [5.74, 6) is 0.244. The van der Waals surface area contributed by atoms with Crippen molar-refractivity contribution in [2.45, 2.75) is 32.6 Å². The third-order valence-corrected chi connectivity index (χ3v) is 2.42. The first-order valence-electron chi connectivity index (χ1n) is 4.52. The van der Waals surface area contributed by atoms with Crippen molar-refractivity contribution in [2.24, 2.45) is 0 Å². The molecule has 0 aliphatic heterocycles. The van der Waals surface area contributed by atoms with Gasteiger partial charge in [0.15, 0.2) is 0 Å². The molecule has 0 unspecified atom stereocenters. The smallest absolute Gasteiger partial charge is 0.222 e. The van der Waals surface area contributed by atoms with Crippen LogP contribution in [0.15, 0.2) is 0 Å². The maximum atomic E-state index is 11.1. The van der Waals surface area contributed by atoms with E-state index in [4.69, 9.17) is 0 Å². The minimum Gasteiger partial charge on any atom is -0.346 e. The lowest BCUT2D eigenvalue weighted by atomic mass is 10.2. The fourth-order valence-corrected chi connectivity index (χ4v) is 1.41. The molecule has 3 heteroatoms. The molecule has 0 radical (unpaired) electrons. The molecule has 12 heavy (non-hydrogen) atoms. The number of rotatable bonds is 6. The Hall–Kier alpha value is -0.0500. The fraction of sp³-hybridized carbons (Fsp3) is 0.889. The maximum absolute atomic E-state index is 11.1. The summed E-state index contributed by atoms with van der Waals surface area (Å²) >= 11 is 3.38. The molecule has 0 aromatic heterocycles. The Morgan fingerprint density at radius 1 is 1.33 bits per heavy atom. The summed E-state index contributed by atoms with van der Waals surface area (Å²) in [5, 5.41) is 1.07. The van der Waals surface area contributed by atoms with Crippen molar-refractivity contribution in [1.29, 1.82) is 0 Å². The SMILES string of the molecule is CCC(=O)N(C)CCCCCBr. The Morgan fingerprint density at radius 3 is 2.50 bits per heavy atom. The van der Waals surface area contributed by atoms with Crippen LogP contribution < -0.4 is 0 Å². The molecule has 0 atom stereocenters. The molecule has 0 N–H and O–H groups in total. The molecule has 0 saturated carbocycles. The van der Waals surface area contributed by atoms with E-state index in [1.165, 1.54) is 12.8 Å². The second-order valence-electron chi connectivity index (χ2n) is 2.92. The van der Waals surface area contributed by atoms with Gasteiger partial charge in [-0.3, -0.25) is 4.79 Å². The number of carbonyl (C=O) groups excluding carboxylic acids is 1. The summed E-state index contributed by atoms with van der Waals surface area (Å²) in [6.45, 7) is 2.80. The predicted molar refractivity (Wildman–Crippen MR) is 55.6 cm³/mol. The molecule has 0 bridgehead atoms. The molecule has 0 aromatic rings. The Morgan fingerprint density at radius 2 is 2.00 bits per heavy atom. The first-order chi connectivity index (χ1) is 5.72. The molecule has 0 aliphatic carbocycles. The van der Waals surface area contributed by atoms with Crippen molar-refractivity contribution < 1.29 is 4.79 Å². The molecule has 0 rings (SSSR count). The molecule has 1 amide bonds. The second kappa shape index (κ2) is 7.59. The molecular weight excluding hydrogens is 218 g/mol. The number of hydrogen-bond acceptors (Lipinski definition) is 1. The largest absolute Gasteiger partial charge is 0.346 e. The highest BCUT2D eigenvalue weighted by Crippen LogP contribution is 2.00. The van der Waals surface area contributed by atoms with Gasteiger partial charge in [0.25, 0.3) is 0 Å². The van der Waals surface area contributed by atoms with Crippen LogP contribution in [0.5, 0.6) is 0 Å². The highest BCUT2D eigenvalue weighted by molar-refractivity contribution is 9.09. The lowest BCUT2D eigenvalue weighted by Gasteiger charge is -2.15. The monoisotopic (exact) mass is 235 g/mol. The van der Waals surface area contributed by atoms with Crippen LogP contribution in [0.25, 0.3) is 0 Å². The summed E-state index contributed by atoms with van der Waals surface area (Å²) in [6, 6.07) is 0. The molecule has 0 spiro atoms. The Balaban J connectivity index is 3.31. The van der Waals surface area contributed by atoms with Gasteiger partial charge in [0.2, 0.25) is 5.91 Å². The summed E-state index contributed by atoms with van der Waals surface area (Å²) in [4.78, 5) is 12.9. The van der Waals surface area contributed by atoms with E-state index in [0.29, 0.717) is 6.42 Å². The van der Waals surface area contributed by atoms with E-state index in [9.17, 15) is 4.79 Å². The quantitative estimate of drug-likeness (QED) is 0.512. The van der Waals surface area contributed by atoms with Gasteiger partial charge in [-0.1, -0.05) is 29.3 Å². The van der Waals surface area contributed by atoms with Gasteiger partial charge in [0, 0.05) is 25.3 Å². The van der Waals surface area contributed by atoms with E-state index in [2.05, 4.69) is 15.9 Å². The number of nitrogens with zero attached hydrogens (tertiary/aromatic N) is 1. The van der Waals surface area contributed by atoms with Crippen LogP contribution in [0.1, 0.15) is 32.6 Å². The average molecular weight is 236 g/mol.